The highest BCUT2D eigenvalue weighted by Crippen LogP contribution is 2.42. The van der Waals surface area contributed by atoms with Crippen LogP contribution in [-0.4, -0.2) is 18.7 Å². The van der Waals surface area contributed by atoms with Crippen molar-refractivity contribution >= 4 is 22.4 Å². The van der Waals surface area contributed by atoms with Crippen molar-refractivity contribution in [3.05, 3.63) is 77.3 Å². The summed E-state index contributed by atoms with van der Waals surface area (Å²) in [7, 11) is 0. The molecule has 2 fully saturated rings. The van der Waals surface area contributed by atoms with Crippen molar-refractivity contribution in [1.29, 1.82) is 0 Å². The van der Waals surface area contributed by atoms with Gasteiger partial charge >= 0.3 is 0 Å². The standard InChI is InChI=1S/C24H24ClNO/c25-18-8-3-7-17(13-18)21-14-19-11-12-23(26-19)22(21)15-27-24-10-4-6-16-5-1-2-9-20(16)24/h1-10,13,19,21-23,26H,11-12,14-15H2/t19?,21-,22-,23?/m0/s1. The number of piperidine rings is 1. The Morgan fingerprint density at radius 2 is 1.81 bits per heavy atom. The Labute approximate surface area is 165 Å². The smallest absolute Gasteiger partial charge is 0.127 e. The van der Waals surface area contributed by atoms with Gasteiger partial charge in [-0.25, -0.2) is 0 Å². The average Bonchev–Trinajstić information content (AvgIpc) is 3.09. The lowest BCUT2D eigenvalue weighted by Crippen LogP contribution is -2.46. The molecule has 2 bridgehead atoms. The maximum absolute atomic E-state index is 6.42. The molecule has 0 aromatic heterocycles. The van der Waals surface area contributed by atoms with Crippen LogP contribution >= 0.6 is 11.6 Å². The molecule has 0 amide bonds. The van der Waals surface area contributed by atoms with Crippen LogP contribution in [0.4, 0.5) is 0 Å². The number of nitrogens with one attached hydrogen (secondary N) is 1. The molecule has 4 atom stereocenters. The fraction of sp³-hybridized carbons (Fsp3) is 0.333. The molecule has 2 heterocycles. The Bertz CT molecular complexity index is 951. The number of halogens is 1. The van der Waals surface area contributed by atoms with E-state index in [2.05, 4.69) is 66.0 Å². The Hall–Kier alpha value is -2.03. The van der Waals surface area contributed by atoms with E-state index in [0.29, 0.717) is 23.9 Å². The topological polar surface area (TPSA) is 21.3 Å². The van der Waals surface area contributed by atoms with Crippen molar-refractivity contribution in [3.63, 3.8) is 0 Å². The molecule has 138 valence electrons. The summed E-state index contributed by atoms with van der Waals surface area (Å²) in [5.41, 5.74) is 1.35. The van der Waals surface area contributed by atoms with Gasteiger partial charge in [-0.2, -0.15) is 0 Å². The van der Waals surface area contributed by atoms with Gasteiger partial charge in [0, 0.05) is 28.4 Å². The zero-order valence-electron chi connectivity index (χ0n) is 15.3. The average molecular weight is 378 g/mol. The van der Waals surface area contributed by atoms with Crippen LogP contribution in [0.1, 0.15) is 30.7 Å². The van der Waals surface area contributed by atoms with E-state index in [1.165, 1.54) is 35.6 Å². The van der Waals surface area contributed by atoms with Crippen molar-refractivity contribution in [2.45, 2.75) is 37.3 Å². The van der Waals surface area contributed by atoms with E-state index in [1.54, 1.807) is 0 Å². The van der Waals surface area contributed by atoms with Gasteiger partial charge in [0.1, 0.15) is 5.75 Å². The molecule has 2 saturated heterocycles. The Morgan fingerprint density at radius 1 is 0.963 bits per heavy atom. The lowest BCUT2D eigenvalue weighted by Gasteiger charge is -2.38. The summed E-state index contributed by atoms with van der Waals surface area (Å²) in [5, 5.41) is 7.05. The van der Waals surface area contributed by atoms with Crippen LogP contribution in [0.25, 0.3) is 10.8 Å². The third kappa shape index (κ3) is 3.33. The third-order valence-corrected chi connectivity index (χ3v) is 6.54. The Kier molecular flexibility index (Phi) is 4.55. The minimum atomic E-state index is 0.459. The number of hydrogen-bond acceptors (Lipinski definition) is 2. The molecule has 3 aromatic rings. The monoisotopic (exact) mass is 377 g/mol. The summed E-state index contributed by atoms with van der Waals surface area (Å²) >= 11 is 6.29. The first-order valence-corrected chi connectivity index (χ1v) is 10.3. The summed E-state index contributed by atoms with van der Waals surface area (Å²) in [6, 6.07) is 24.3. The van der Waals surface area contributed by atoms with Crippen LogP contribution < -0.4 is 10.1 Å². The molecule has 2 nitrogen and oxygen atoms in total. The van der Waals surface area contributed by atoms with Crippen molar-refractivity contribution in [2.24, 2.45) is 5.92 Å². The van der Waals surface area contributed by atoms with Crippen LogP contribution in [0.5, 0.6) is 5.75 Å². The number of benzene rings is 3. The number of fused-ring (bicyclic) bond motifs is 3. The molecule has 1 N–H and O–H groups in total. The molecule has 2 unspecified atom stereocenters. The summed E-state index contributed by atoms with van der Waals surface area (Å²) in [6.07, 6.45) is 3.68. The van der Waals surface area contributed by atoms with Gasteiger partial charge < -0.3 is 10.1 Å². The first-order valence-electron chi connectivity index (χ1n) is 9.90. The molecule has 2 aliphatic heterocycles. The second-order valence-corrected chi connectivity index (χ2v) is 8.33. The van der Waals surface area contributed by atoms with Crippen LogP contribution in [0.3, 0.4) is 0 Å². The lowest BCUT2D eigenvalue weighted by atomic mass is 9.77. The zero-order chi connectivity index (χ0) is 18.2. The van der Waals surface area contributed by atoms with Gasteiger partial charge in [-0.1, -0.05) is 60.1 Å². The minimum absolute atomic E-state index is 0.459. The van der Waals surface area contributed by atoms with E-state index in [9.17, 15) is 0 Å². The lowest BCUT2D eigenvalue weighted by molar-refractivity contribution is 0.160. The predicted molar refractivity (Wildman–Crippen MR) is 112 cm³/mol. The number of hydrogen-bond donors (Lipinski definition) is 1. The van der Waals surface area contributed by atoms with Gasteiger partial charge in [-0.3, -0.25) is 0 Å². The maximum Gasteiger partial charge on any atom is 0.127 e. The molecule has 27 heavy (non-hydrogen) atoms. The Balaban J connectivity index is 1.42. The van der Waals surface area contributed by atoms with E-state index in [-0.39, 0.29) is 0 Å². The normalized spacial score (nSPS) is 27.0. The van der Waals surface area contributed by atoms with Gasteiger partial charge in [-0.05, 0) is 54.3 Å². The highest BCUT2D eigenvalue weighted by molar-refractivity contribution is 6.30. The van der Waals surface area contributed by atoms with Gasteiger partial charge in [0.05, 0.1) is 6.61 Å². The van der Waals surface area contributed by atoms with Crippen LogP contribution in [0.2, 0.25) is 5.02 Å². The maximum atomic E-state index is 6.42. The van der Waals surface area contributed by atoms with Crippen molar-refractivity contribution in [1.82, 2.24) is 5.32 Å². The van der Waals surface area contributed by atoms with Gasteiger partial charge in [-0.15, -0.1) is 0 Å². The molecule has 0 spiro atoms. The van der Waals surface area contributed by atoms with Crippen LogP contribution in [0.15, 0.2) is 66.7 Å². The molecule has 2 aliphatic rings. The number of rotatable bonds is 4. The summed E-state index contributed by atoms with van der Waals surface area (Å²) < 4.78 is 6.42. The molecule has 0 saturated carbocycles. The van der Waals surface area contributed by atoms with Crippen molar-refractivity contribution in [3.8, 4) is 5.75 Å². The summed E-state index contributed by atoms with van der Waals surface area (Å²) in [5.74, 6) is 1.94. The molecular formula is C24H24ClNO. The van der Waals surface area contributed by atoms with E-state index in [1.807, 2.05) is 6.07 Å². The second-order valence-electron chi connectivity index (χ2n) is 7.90. The fourth-order valence-corrected chi connectivity index (χ4v) is 5.19. The van der Waals surface area contributed by atoms with E-state index in [4.69, 9.17) is 16.3 Å². The first-order chi connectivity index (χ1) is 13.3. The van der Waals surface area contributed by atoms with E-state index in [0.717, 1.165) is 17.4 Å². The van der Waals surface area contributed by atoms with Gasteiger partial charge in [0.15, 0.2) is 0 Å². The van der Waals surface area contributed by atoms with Gasteiger partial charge in [0.25, 0.3) is 0 Å². The molecule has 0 aliphatic carbocycles. The van der Waals surface area contributed by atoms with Crippen LogP contribution in [-0.2, 0) is 0 Å². The SMILES string of the molecule is Clc1cccc([C@@H]2CC3CCC(N3)[C@H]2COc2cccc3ccccc23)c1. The van der Waals surface area contributed by atoms with Gasteiger partial charge in [0.2, 0.25) is 0 Å². The highest BCUT2D eigenvalue weighted by atomic mass is 35.5. The largest absolute Gasteiger partial charge is 0.493 e. The molecule has 5 rings (SSSR count). The predicted octanol–water partition coefficient (Wildman–Crippen LogP) is 5.80. The summed E-state index contributed by atoms with van der Waals surface area (Å²) in [4.78, 5) is 0. The zero-order valence-corrected chi connectivity index (χ0v) is 16.0. The van der Waals surface area contributed by atoms with Crippen molar-refractivity contribution < 1.29 is 4.74 Å². The van der Waals surface area contributed by atoms with E-state index >= 15 is 0 Å². The quantitative estimate of drug-likeness (QED) is 0.620. The molecule has 3 aromatic carbocycles. The second kappa shape index (κ2) is 7.18. The minimum Gasteiger partial charge on any atom is -0.493 e. The molecular weight excluding hydrogens is 354 g/mol. The fourth-order valence-electron chi connectivity index (χ4n) is 5.00. The summed E-state index contributed by atoms with van der Waals surface area (Å²) in [6.45, 7) is 0.732. The first kappa shape index (κ1) is 17.1. The van der Waals surface area contributed by atoms with Crippen LogP contribution in [0, 0.1) is 5.92 Å². The third-order valence-electron chi connectivity index (χ3n) is 6.31. The van der Waals surface area contributed by atoms with E-state index < -0.39 is 0 Å². The Morgan fingerprint density at radius 3 is 2.74 bits per heavy atom. The van der Waals surface area contributed by atoms with Crippen molar-refractivity contribution in [2.75, 3.05) is 6.61 Å². The highest BCUT2D eigenvalue weighted by Gasteiger charge is 2.42. The molecule has 0 radical (unpaired) electrons. The molecule has 3 heteroatoms. The number of ether oxygens (including phenoxy) is 1.